The maximum absolute atomic E-state index is 12.3. The number of piperidine rings is 1. The van der Waals surface area contributed by atoms with Crippen molar-refractivity contribution in [1.29, 1.82) is 5.26 Å². The Morgan fingerprint density at radius 3 is 2.65 bits per heavy atom. The molecular formula is C18H24N2O3. The number of nitrogens with zero attached hydrogens (tertiary/aromatic N) is 2. The van der Waals surface area contributed by atoms with Gasteiger partial charge < -0.3 is 14.7 Å². The summed E-state index contributed by atoms with van der Waals surface area (Å²) in [5.41, 5.74) is -0.716. The third-order valence-corrected chi connectivity index (χ3v) is 4.37. The number of benzene rings is 1. The molecule has 1 aromatic carbocycles. The van der Waals surface area contributed by atoms with E-state index in [1.807, 2.05) is 57.2 Å². The van der Waals surface area contributed by atoms with Crippen LogP contribution < -0.4 is 0 Å². The number of carbonyl (C=O) groups excluding carboxylic acids is 1. The predicted molar refractivity (Wildman–Crippen MR) is 86.3 cm³/mol. The van der Waals surface area contributed by atoms with E-state index in [0.717, 1.165) is 5.56 Å². The van der Waals surface area contributed by atoms with Gasteiger partial charge in [0.05, 0.1) is 12.6 Å². The molecule has 1 heterocycles. The normalized spacial score (nSPS) is 24.8. The van der Waals surface area contributed by atoms with Gasteiger partial charge in [-0.2, -0.15) is 5.26 Å². The number of β-amino-alcohol motifs (C(OH)–C–C–N with tert-alkyl or cyclic N) is 1. The maximum Gasteiger partial charge on any atom is 0.410 e. The maximum atomic E-state index is 12.3. The van der Waals surface area contributed by atoms with E-state index in [1.54, 1.807) is 0 Å². The average Bonchev–Trinajstić information content (AvgIpc) is 2.52. The highest BCUT2D eigenvalue weighted by Crippen LogP contribution is 2.37. The van der Waals surface area contributed by atoms with E-state index in [4.69, 9.17) is 4.74 Å². The summed E-state index contributed by atoms with van der Waals surface area (Å²) in [5, 5.41) is 19.7. The molecule has 1 saturated heterocycles. The summed E-state index contributed by atoms with van der Waals surface area (Å²) in [6.07, 6.45) is -0.119. The van der Waals surface area contributed by atoms with Crippen molar-refractivity contribution in [3.8, 4) is 6.07 Å². The Bertz CT molecular complexity index is 589. The number of nitriles is 1. The van der Waals surface area contributed by atoms with Crippen LogP contribution in [0.4, 0.5) is 4.79 Å². The molecule has 1 fully saturated rings. The van der Waals surface area contributed by atoms with E-state index in [-0.39, 0.29) is 24.5 Å². The number of hydrogen-bond donors (Lipinski definition) is 1. The largest absolute Gasteiger partial charge is 0.445 e. The minimum Gasteiger partial charge on any atom is -0.445 e. The molecule has 1 aromatic rings. The lowest BCUT2D eigenvalue weighted by molar-refractivity contribution is -0.0371. The van der Waals surface area contributed by atoms with Crippen LogP contribution in [0.3, 0.4) is 0 Å². The molecule has 1 amide bonds. The number of aliphatic hydroxyl groups is 1. The number of ether oxygens (including phenoxy) is 1. The van der Waals surface area contributed by atoms with Gasteiger partial charge >= 0.3 is 6.09 Å². The third-order valence-electron chi connectivity index (χ3n) is 4.37. The zero-order valence-corrected chi connectivity index (χ0v) is 14.0. The number of likely N-dealkylation sites (tertiary alicyclic amines) is 1. The van der Waals surface area contributed by atoms with Crippen molar-refractivity contribution in [3.05, 3.63) is 35.9 Å². The smallest absolute Gasteiger partial charge is 0.410 e. The van der Waals surface area contributed by atoms with Gasteiger partial charge in [0.25, 0.3) is 0 Å². The van der Waals surface area contributed by atoms with Gasteiger partial charge in [-0.15, -0.1) is 0 Å². The molecule has 0 saturated carbocycles. The molecule has 2 atom stereocenters. The van der Waals surface area contributed by atoms with E-state index in [0.29, 0.717) is 13.0 Å². The van der Waals surface area contributed by atoms with Crippen molar-refractivity contribution in [1.82, 2.24) is 4.90 Å². The van der Waals surface area contributed by atoms with E-state index in [1.165, 1.54) is 4.90 Å². The van der Waals surface area contributed by atoms with Gasteiger partial charge in [0.2, 0.25) is 0 Å². The summed E-state index contributed by atoms with van der Waals surface area (Å²) >= 11 is 0. The van der Waals surface area contributed by atoms with E-state index < -0.39 is 11.7 Å². The summed E-state index contributed by atoms with van der Waals surface area (Å²) in [6, 6.07) is 11.4. The Hall–Kier alpha value is -2.06. The van der Waals surface area contributed by atoms with Crippen LogP contribution in [0.2, 0.25) is 0 Å². The number of hydrogen-bond acceptors (Lipinski definition) is 4. The van der Waals surface area contributed by atoms with Crippen LogP contribution in [0.1, 0.15) is 32.8 Å². The van der Waals surface area contributed by atoms with Crippen molar-refractivity contribution in [2.24, 2.45) is 11.3 Å². The van der Waals surface area contributed by atoms with Crippen molar-refractivity contribution >= 4 is 6.09 Å². The first-order valence-electron chi connectivity index (χ1n) is 7.83. The van der Waals surface area contributed by atoms with Crippen LogP contribution in [0.25, 0.3) is 0 Å². The second kappa shape index (κ2) is 6.59. The molecule has 0 aromatic heterocycles. The van der Waals surface area contributed by atoms with Crippen molar-refractivity contribution in [3.63, 3.8) is 0 Å². The Labute approximate surface area is 137 Å². The lowest BCUT2D eigenvalue weighted by atomic mass is 9.72. The Kier molecular flexibility index (Phi) is 4.96. The van der Waals surface area contributed by atoms with E-state index in [9.17, 15) is 15.2 Å². The molecule has 0 bridgehead atoms. The first kappa shape index (κ1) is 17.3. The van der Waals surface area contributed by atoms with E-state index >= 15 is 0 Å². The second-order valence-electron chi connectivity index (χ2n) is 7.33. The molecular weight excluding hydrogens is 292 g/mol. The van der Waals surface area contributed by atoms with Crippen molar-refractivity contribution in [2.75, 3.05) is 13.1 Å². The number of rotatable bonds is 2. The highest BCUT2D eigenvalue weighted by atomic mass is 16.6. The van der Waals surface area contributed by atoms with Crippen LogP contribution in [0.5, 0.6) is 0 Å². The van der Waals surface area contributed by atoms with Gasteiger partial charge in [-0.25, -0.2) is 4.79 Å². The molecule has 1 aliphatic heterocycles. The summed E-state index contributed by atoms with van der Waals surface area (Å²) in [6.45, 7) is 6.81. The minimum atomic E-state index is -1.51. The standard InChI is InChI=1S/C18H24N2O3/c1-17(2,3)15-9-18(22,12-19)13-20(10-15)16(21)23-11-14-7-5-4-6-8-14/h4-8,15,22H,9-11,13H2,1-3H3. The van der Waals surface area contributed by atoms with Gasteiger partial charge in [0.1, 0.15) is 6.61 Å². The molecule has 5 nitrogen and oxygen atoms in total. The average molecular weight is 316 g/mol. The van der Waals surface area contributed by atoms with Gasteiger partial charge in [0, 0.05) is 6.54 Å². The van der Waals surface area contributed by atoms with Gasteiger partial charge in [-0.3, -0.25) is 0 Å². The second-order valence-corrected chi connectivity index (χ2v) is 7.33. The molecule has 1 N–H and O–H groups in total. The lowest BCUT2D eigenvalue weighted by Crippen LogP contribution is -2.55. The van der Waals surface area contributed by atoms with Gasteiger partial charge in [-0.1, -0.05) is 51.1 Å². The highest BCUT2D eigenvalue weighted by molar-refractivity contribution is 5.68. The Morgan fingerprint density at radius 1 is 1.43 bits per heavy atom. The Balaban J connectivity index is 2.05. The molecule has 1 aliphatic rings. The van der Waals surface area contributed by atoms with Crippen LogP contribution in [0, 0.1) is 22.7 Å². The number of carbonyl (C=O) groups is 1. The molecule has 2 unspecified atom stereocenters. The molecule has 0 aliphatic carbocycles. The predicted octanol–water partition coefficient (Wildman–Crippen LogP) is 2.95. The Morgan fingerprint density at radius 2 is 2.09 bits per heavy atom. The fourth-order valence-electron chi connectivity index (χ4n) is 2.79. The van der Waals surface area contributed by atoms with Crippen LogP contribution in [-0.2, 0) is 11.3 Å². The van der Waals surface area contributed by atoms with E-state index in [2.05, 4.69) is 0 Å². The topological polar surface area (TPSA) is 73.6 Å². The lowest BCUT2D eigenvalue weighted by Gasteiger charge is -2.44. The SMILES string of the molecule is CC(C)(C)C1CN(C(=O)OCc2ccccc2)CC(O)(C#N)C1. The van der Waals surface area contributed by atoms with Crippen LogP contribution >= 0.6 is 0 Å². The summed E-state index contributed by atoms with van der Waals surface area (Å²) in [5.74, 6) is 0.0326. The quantitative estimate of drug-likeness (QED) is 0.851. The highest BCUT2D eigenvalue weighted by Gasteiger charge is 2.44. The van der Waals surface area contributed by atoms with Crippen molar-refractivity contribution in [2.45, 2.75) is 39.4 Å². The molecule has 0 spiro atoms. The molecule has 5 heteroatoms. The van der Waals surface area contributed by atoms with Crippen molar-refractivity contribution < 1.29 is 14.6 Å². The van der Waals surface area contributed by atoms with Gasteiger partial charge in [0.15, 0.2) is 5.60 Å². The molecule has 0 radical (unpaired) electrons. The monoisotopic (exact) mass is 316 g/mol. The first-order valence-corrected chi connectivity index (χ1v) is 7.83. The minimum absolute atomic E-state index is 0.0102. The molecule has 2 rings (SSSR count). The van der Waals surface area contributed by atoms with Crippen LogP contribution in [0.15, 0.2) is 30.3 Å². The summed E-state index contributed by atoms with van der Waals surface area (Å²) in [7, 11) is 0. The number of amides is 1. The fraction of sp³-hybridized carbons (Fsp3) is 0.556. The fourth-order valence-corrected chi connectivity index (χ4v) is 2.79. The summed E-state index contributed by atoms with van der Waals surface area (Å²) in [4.78, 5) is 13.8. The molecule has 124 valence electrons. The first-order chi connectivity index (χ1) is 10.7. The zero-order valence-electron chi connectivity index (χ0n) is 14.0. The summed E-state index contributed by atoms with van der Waals surface area (Å²) < 4.78 is 5.33. The zero-order chi connectivity index (χ0) is 17.1. The van der Waals surface area contributed by atoms with Gasteiger partial charge in [-0.05, 0) is 23.3 Å². The van der Waals surface area contributed by atoms with Crippen LogP contribution in [-0.4, -0.2) is 34.8 Å². The third kappa shape index (κ3) is 4.46. The molecule has 23 heavy (non-hydrogen) atoms.